The molecule has 0 aliphatic rings. The van der Waals surface area contributed by atoms with Crippen LogP contribution in [0, 0.1) is 5.82 Å². The Morgan fingerprint density at radius 1 is 1.22 bits per heavy atom. The Bertz CT molecular complexity index is 1090. The van der Waals surface area contributed by atoms with Gasteiger partial charge in [-0.1, -0.05) is 26.0 Å². The number of anilines is 1. The fourth-order valence-corrected chi connectivity index (χ4v) is 3.37. The van der Waals surface area contributed by atoms with Crippen LogP contribution in [0.5, 0.6) is 0 Å². The van der Waals surface area contributed by atoms with Gasteiger partial charge in [0.05, 0.1) is 30.2 Å². The number of halogens is 1. The quantitative estimate of drug-likeness (QED) is 0.551. The van der Waals surface area contributed by atoms with Crippen molar-refractivity contribution in [2.24, 2.45) is 0 Å². The molecule has 0 fully saturated rings. The van der Waals surface area contributed by atoms with Crippen LogP contribution in [0.2, 0.25) is 0 Å². The standard InChI is InChI=1S/C22H28FN3O5S/c1-14(2)20-18(8-6-5-7-17(27)13-19(28)29)21(15-9-11-16(23)12-10-15)25-22(24-20)26(3)32(4,30)31/h6,8-12,14,17,27H,5,7,13H2,1-4H3,(H,28,29)/b8-6+. The number of aromatic nitrogens is 2. The fraction of sp³-hybridized carbons (Fsp3) is 0.409. The van der Waals surface area contributed by atoms with Crippen LogP contribution in [-0.4, -0.2) is 54.0 Å². The summed E-state index contributed by atoms with van der Waals surface area (Å²) in [5.41, 5.74) is 2.28. The van der Waals surface area contributed by atoms with Gasteiger partial charge in [0.1, 0.15) is 5.82 Å². The number of allylic oxidation sites excluding steroid dienone is 1. The number of benzene rings is 1. The van der Waals surface area contributed by atoms with Gasteiger partial charge in [-0.25, -0.2) is 27.1 Å². The Balaban J connectivity index is 2.55. The number of carboxylic acids is 1. The van der Waals surface area contributed by atoms with E-state index in [1.807, 2.05) is 13.8 Å². The third-order valence-electron chi connectivity index (χ3n) is 4.77. The average molecular weight is 466 g/mol. The molecule has 1 atom stereocenters. The van der Waals surface area contributed by atoms with E-state index in [2.05, 4.69) is 9.97 Å². The second kappa shape index (κ2) is 10.6. The van der Waals surface area contributed by atoms with Crippen molar-refractivity contribution in [3.05, 3.63) is 47.4 Å². The van der Waals surface area contributed by atoms with Gasteiger partial charge in [0.25, 0.3) is 0 Å². The summed E-state index contributed by atoms with van der Waals surface area (Å²) in [5, 5.41) is 18.5. The van der Waals surface area contributed by atoms with Crippen LogP contribution in [-0.2, 0) is 14.8 Å². The molecule has 32 heavy (non-hydrogen) atoms. The van der Waals surface area contributed by atoms with Crippen LogP contribution in [0.4, 0.5) is 10.3 Å². The first-order valence-corrected chi connectivity index (χ1v) is 11.9. The van der Waals surface area contributed by atoms with E-state index in [1.54, 1.807) is 24.3 Å². The zero-order chi connectivity index (χ0) is 24.1. The van der Waals surface area contributed by atoms with Crippen LogP contribution < -0.4 is 4.31 Å². The highest BCUT2D eigenvalue weighted by molar-refractivity contribution is 7.92. The highest BCUT2D eigenvalue weighted by Crippen LogP contribution is 2.31. The first kappa shape index (κ1) is 25.4. The van der Waals surface area contributed by atoms with E-state index < -0.39 is 27.9 Å². The second-order valence-electron chi connectivity index (χ2n) is 7.79. The van der Waals surface area contributed by atoms with Crippen molar-refractivity contribution in [1.82, 2.24) is 9.97 Å². The normalized spacial score (nSPS) is 13.0. The number of hydrogen-bond donors (Lipinski definition) is 2. The van der Waals surface area contributed by atoms with Gasteiger partial charge in [-0.05, 0) is 43.0 Å². The monoisotopic (exact) mass is 465 g/mol. The third kappa shape index (κ3) is 6.83. The molecule has 1 unspecified atom stereocenters. The van der Waals surface area contributed by atoms with Gasteiger partial charge in [-0.2, -0.15) is 0 Å². The van der Waals surface area contributed by atoms with Crippen molar-refractivity contribution in [3.63, 3.8) is 0 Å². The van der Waals surface area contributed by atoms with E-state index >= 15 is 0 Å². The number of nitrogens with zero attached hydrogens (tertiary/aromatic N) is 3. The summed E-state index contributed by atoms with van der Waals surface area (Å²) in [7, 11) is -2.24. The molecule has 2 N–H and O–H groups in total. The van der Waals surface area contributed by atoms with E-state index in [0.717, 1.165) is 10.6 Å². The largest absolute Gasteiger partial charge is 0.481 e. The lowest BCUT2D eigenvalue weighted by atomic mass is 9.97. The maximum Gasteiger partial charge on any atom is 0.305 e. The molecular formula is C22H28FN3O5S. The minimum absolute atomic E-state index is 0.00422. The maximum atomic E-state index is 13.5. The number of hydrogen-bond acceptors (Lipinski definition) is 6. The highest BCUT2D eigenvalue weighted by Gasteiger charge is 2.22. The van der Waals surface area contributed by atoms with Crippen molar-refractivity contribution in [3.8, 4) is 11.3 Å². The van der Waals surface area contributed by atoms with Crippen LogP contribution in [0.15, 0.2) is 30.3 Å². The van der Waals surface area contributed by atoms with Crippen molar-refractivity contribution in [1.29, 1.82) is 0 Å². The van der Waals surface area contributed by atoms with Crippen molar-refractivity contribution >= 4 is 28.0 Å². The van der Waals surface area contributed by atoms with Crippen LogP contribution >= 0.6 is 0 Å². The van der Waals surface area contributed by atoms with E-state index in [4.69, 9.17) is 5.11 Å². The van der Waals surface area contributed by atoms with Gasteiger partial charge in [0.15, 0.2) is 0 Å². The van der Waals surface area contributed by atoms with Gasteiger partial charge in [-0.15, -0.1) is 0 Å². The molecule has 1 aromatic heterocycles. The van der Waals surface area contributed by atoms with Gasteiger partial charge in [0.2, 0.25) is 16.0 Å². The number of aliphatic carboxylic acids is 1. The lowest BCUT2D eigenvalue weighted by Crippen LogP contribution is -2.27. The Hall–Kier alpha value is -2.85. The summed E-state index contributed by atoms with van der Waals surface area (Å²) in [5.74, 6) is -1.56. The molecule has 0 amide bonds. The lowest BCUT2D eigenvalue weighted by Gasteiger charge is -2.20. The SMILES string of the molecule is CC(C)c1nc(N(C)S(C)(=O)=O)nc(-c2ccc(F)cc2)c1/C=C/CCC(O)CC(=O)O. The number of carboxylic acid groups (broad SMARTS) is 1. The van der Waals surface area contributed by atoms with Gasteiger partial charge in [0, 0.05) is 18.2 Å². The van der Waals surface area contributed by atoms with Crippen molar-refractivity contribution < 1.29 is 27.8 Å². The van der Waals surface area contributed by atoms with Gasteiger partial charge < -0.3 is 10.2 Å². The molecule has 174 valence electrons. The number of rotatable bonds is 10. The van der Waals surface area contributed by atoms with Crippen molar-refractivity contribution in [2.45, 2.75) is 45.1 Å². The second-order valence-corrected chi connectivity index (χ2v) is 9.81. The maximum absolute atomic E-state index is 13.5. The zero-order valence-electron chi connectivity index (χ0n) is 18.5. The molecule has 0 saturated heterocycles. The predicted molar refractivity (Wildman–Crippen MR) is 121 cm³/mol. The number of carbonyl (C=O) groups is 1. The van der Waals surface area contributed by atoms with E-state index in [-0.39, 0.29) is 24.7 Å². The first-order valence-electron chi connectivity index (χ1n) is 10.1. The Morgan fingerprint density at radius 3 is 2.38 bits per heavy atom. The topological polar surface area (TPSA) is 121 Å². The van der Waals surface area contributed by atoms with Crippen LogP contribution in [0.25, 0.3) is 17.3 Å². The van der Waals surface area contributed by atoms with E-state index in [0.29, 0.717) is 28.9 Å². The molecule has 2 rings (SSSR count). The van der Waals surface area contributed by atoms with Crippen LogP contribution in [0.1, 0.15) is 50.3 Å². The first-order chi connectivity index (χ1) is 14.9. The molecule has 2 aromatic rings. The Kier molecular flexibility index (Phi) is 8.45. The molecule has 0 radical (unpaired) electrons. The molecule has 1 heterocycles. The van der Waals surface area contributed by atoms with E-state index in [1.165, 1.54) is 19.2 Å². The zero-order valence-corrected chi connectivity index (χ0v) is 19.3. The predicted octanol–water partition coefficient (Wildman–Crippen LogP) is 3.43. The molecule has 0 spiro atoms. The minimum Gasteiger partial charge on any atom is -0.481 e. The fourth-order valence-electron chi connectivity index (χ4n) is 2.99. The smallest absolute Gasteiger partial charge is 0.305 e. The summed E-state index contributed by atoms with van der Waals surface area (Å²) in [6.45, 7) is 3.82. The molecular weight excluding hydrogens is 437 g/mol. The lowest BCUT2D eigenvalue weighted by molar-refractivity contribution is -0.139. The van der Waals surface area contributed by atoms with Crippen LogP contribution in [0.3, 0.4) is 0 Å². The van der Waals surface area contributed by atoms with E-state index in [9.17, 15) is 22.7 Å². The van der Waals surface area contributed by atoms with Crippen molar-refractivity contribution in [2.75, 3.05) is 17.6 Å². The highest BCUT2D eigenvalue weighted by atomic mass is 32.2. The molecule has 0 aliphatic heterocycles. The van der Waals surface area contributed by atoms with Gasteiger partial charge >= 0.3 is 5.97 Å². The third-order valence-corrected chi connectivity index (χ3v) is 5.93. The summed E-state index contributed by atoms with van der Waals surface area (Å²) < 4.78 is 38.6. The molecule has 0 saturated carbocycles. The summed E-state index contributed by atoms with van der Waals surface area (Å²) in [6.07, 6.45) is 4.00. The number of aliphatic hydroxyl groups excluding tert-OH is 1. The summed E-state index contributed by atoms with van der Waals surface area (Å²) in [4.78, 5) is 19.6. The molecule has 0 bridgehead atoms. The average Bonchev–Trinajstić information content (AvgIpc) is 2.69. The summed E-state index contributed by atoms with van der Waals surface area (Å²) in [6, 6.07) is 5.70. The molecule has 1 aromatic carbocycles. The Morgan fingerprint density at radius 2 is 1.84 bits per heavy atom. The van der Waals surface area contributed by atoms with Gasteiger partial charge in [-0.3, -0.25) is 4.79 Å². The number of aliphatic hydroxyl groups is 1. The minimum atomic E-state index is -3.60. The molecule has 10 heteroatoms. The Labute approximate surface area is 187 Å². The number of sulfonamides is 1. The molecule has 8 nitrogen and oxygen atoms in total. The molecule has 0 aliphatic carbocycles. The summed E-state index contributed by atoms with van der Waals surface area (Å²) >= 11 is 0.